The van der Waals surface area contributed by atoms with Gasteiger partial charge < -0.3 is 14.7 Å². The highest BCUT2D eigenvalue weighted by Gasteiger charge is 2.30. The van der Waals surface area contributed by atoms with Gasteiger partial charge in [-0.05, 0) is 25.0 Å². The van der Waals surface area contributed by atoms with Crippen molar-refractivity contribution >= 4 is 17.8 Å². The van der Waals surface area contributed by atoms with Crippen LogP contribution in [0.1, 0.15) is 36.0 Å². The van der Waals surface area contributed by atoms with E-state index in [0.29, 0.717) is 24.3 Å². The quantitative estimate of drug-likeness (QED) is 0.848. The monoisotopic (exact) mass is 278 g/mol. The number of hydrogen-bond acceptors (Lipinski definition) is 5. The zero-order valence-electron chi connectivity index (χ0n) is 11.4. The predicted molar refractivity (Wildman–Crippen MR) is 72.8 cm³/mol. The second-order valence-corrected chi connectivity index (χ2v) is 4.76. The van der Waals surface area contributed by atoms with E-state index >= 15 is 0 Å². The molecule has 1 unspecified atom stereocenters. The van der Waals surface area contributed by atoms with E-state index in [1.54, 1.807) is 23.2 Å². The van der Waals surface area contributed by atoms with Crippen molar-refractivity contribution in [1.29, 1.82) is 0 Å². The number of carbonyl (C=O) groups excluding carboxylic acids is 1. The van der Waals surface area contributed by atoms with Gasteiger partial charge in [-0.1, -0.05) is 12.8 Å². The molecule has 6 heteroatoms. The molecule has 0 saturated carbocycles. The normalized spacial score (nSPS) is 19.2. The fourth-order valence-corrected chi connectivity index (χ4v) is 2.51. The van der Waals surface area contributed by atoms with Gasteiger partial charge in [0.05, 0.1) is 7.11 Å². The summed E-state index contributed by atoms with van der Waals surface area (Å²) in [6.45, 7) is 0.581. The van der Waals surface area contributed by atoms with E-state index in [4.69, 9.17) is 4.74 Å². The highest BCUT2D eigenvalue weighted by atomic mass is 16.5. The third-order valence-corrected chi connectivity index (χ3v) is 3.50. The van der Waals surface area contributed by atoms with Gasteiger partial charge in [0, 0.05) is 12.7 Å². The van der Waals surface area contributed by atoms with Gasteiger partial charge in [-0.3, -0.25) is 0 Å². The highest BCUT2D eigenvalue weighted by molar-refractivity contribution is 5.95. The summed E-state index contributed by atoms with van der Waals surface area (Å²) >= 11 is 0. The maximum atomic E-state index is 11.8. The Bertz CT molecular complexity index is 504. The van der Waals surface area contributed by atoms with Crippen molar-refractivity contribution in [2.75, 3.05) is 18.6 Å². The predicted octanol–water partition coefficient (Wildman–Crippen LogP) is 1.70. The Kier molecular flexibility index (Phi) is 4.55. The number of carboxylic acid groups (broad SMARTS) is 1. The van der Waals surface area contributed by atoms with Crippen LogP contribution in [0.2, 0.25) is 0 Å². The van der Waals surface area contributed by atoms with Gasteiger partial charge >= 0.3 is 11.9 Å². The van der Waals surface area contributed by atoms with Gasteiger partial charge in [-0.25, -0.2) is 14.6 Å². The largest absolute Gasteiger partial charge is 0.480 e. The van der Waals surface area contributed by atoms with E-state index in [1.807, 2.05) is 0 Å². The third-order valence-electron chi connectivity index (χ3n) is 3.50. The minimum atomic E-state index is -0.881. The molecule has 108 valence electrons. The number of rotatable bonds is 3. The molecule has 2 rings (SSSR count). The number of aromatic nitrogens is 1. The van der Waals surface area contributed by atoms with E-state index < -0.39 is 18.0 Å². The van der Waals surface area contributed by atoms with E-state index in [1.165, 1.54) is 7.11 Å². The Labute approximate surface area is 117 Å². The van der Waals surface area contributed by atoms with Crippen molar-refractivity contribution in [1.82, 2.24) is 4.98 Å². The van der Waals surface area contributed by atoms with Crippen molar-refractivity contribution in [2.45, 2.75) is 31.7 Å². The Hall–Kier alpha value is -2.11. The zero-order chi connectivity index (χ0) is 14.5. The van der Waals surface area contributed by atoms with Gasteiger partial charge in [-0.15, -0.1) is 0 Å². The molecule has 1 aromatic rings. The highest BCUT2D eigenvalue weighted by Crippen LogP contribution is 2.26. The number of anilines is 1. The minimum absolute atomic E-state index is 0.308. The molecule has 6 nitrogen and oxygen atoms in total. The molecule has 1 aliphatic rings. The first-order valence-electron chi connectivity index (χ1n) is 6.68. The summed E-state index contributed by atoms with van der Waals surface area (Å²) in [6, 6.07) is 2.61. The van der Waals surface area contributed by atoms with Gasteiger partial charge in [0.1, 0.15) is 17.4 Å². The molecule has 1 saturated heterocycles. The van der Waals surface area contributed by atoms with Gasteiger partial charge in [0.25, 0.3) is 0 Å². The fraction of sp³-hybridized carbons (Fsp3) is 0.500. The third kappa shape index (κ3) is 2.89. The molecule has 0 amide bonds. The molecule has 1 atom stereocenters. The molecular weight excluding hydrogens is 260 g/mol. The maximum Gasteiger partial charge on any atom is 0.341 e. The number of hydrogen-bond donors (Lipinski definition) is 1. The number of aliphatic carboxylic acids is 1. The molecule has 1 aliphatic heterocycles. The maximum absolute atomic E-state index is 11.8. The number of nitrogens with zero attached hydrogens (tertiary/aromatic N) is 2. The van der Waals surface area contributed by atoms with E-state index in [-0.39, 0.29) is 0 Å². The number of ether oxygens (including phenoxy) is 1. The van der Waals surface area contributed by atoms with Crippen LogP contribution in [0.4, 0.5) is 5.82 Å². The lowest BCUT2D eigenvalue weighted by Crippen LogP contribution is -2.42. The molecule has 20 heavy (non-hydrogen) atoms. The number of carboxylic acids is 1. The molecule has 1 fully saturated rings. The van der Waals surface area contributed by atoms with Gasteiger partial charge in [0.15, 0.2) is 0 Å². The smallest absolute Gasteiger partial charge is 0.341 e. The first-order valence-corrected chi connectivity index (χ1v) is 6.68. The Morgan fingerprint density at radius 1 is 1.40 bits per heavy atom. The van der Waals surface area contributed by atoms with Crippen molar-refractivity contribution < 1.29 is 19.4 Å². The Balaban J connectivity index is 2.41. The average molecular weight is 278 g/mol. The Morgan fingerprint density at radius 3 is 2.90 bits per heavy atom. The summed E-state index contributed by atoms with van der Waals surface area (Å²) in [4.78, 5) is 29.2. The molecule has 0 bridgehead atoms. The topological polar surface area (TPSA) is 79.7 Å². The molecule has 0 aliphatic carbocycles. The van der Waals surface area contributed by atoms with Crippen LogP contribution < -0.4 is 4.90 Å². The molecule has 1 aromatic heterocycles. The van der Waals surface area contributed by atoms with Crippen LogP contribution in [0.15, 0.2) is 18.3 Å². The van der Waals surface area contributed by atoms with Crippen LogP contribution in [0.3, 0.4) is 0 Å². The minimum Gasteiger partial charge on any atom is -0.480 e. The lowest BCUT2D eigenvalue weighted by molar-refractivity contribution is -0.138. The standard InChI is InChI=1S/C14H18N2O4/c1-20-14(19)10-6-5-8-15-12(10)16-9-4-2-3-7-11(16)13(17)18/h5-6,8,11H,2-4,7,9H2,1H3,(H,17,18). The molecule has 0 aromatic carbocycles. The second kappa shape index (κ2) is 6.36. The first-order chi connectivity index (χ1) is 9.65. The zero-order valence-corrected chi connectivity index (χ0v) is 11.4. The lowest BCUT2D eigenvalue weighted by Gasteiger charge is -2.29. The number of methoxy groups -OCH3 is 1. The number of esters is 1. The van der Waals surface area contributed by atoms with E-state index in [9.17, 15) is 14.7 Å². The summed E-state index contributed by atoms with van der Waals surface area (Å²) in [5.74, 6) is -0.983. The van der Waals surface area contributed by atoms with Crippen molar-refractivity contribution in [2.24, 2.45) is 0 Å². The summed E-state index contributed by atoms with van der Waals surface area (Å²) < 4.78 is 4.74. The van der Waals surface area contributed by atoms with Crippen molar-refractivity contribution in [3.05, 3.63) is 23.9 Å². The van der Waals surface area contributed by atoms with Crippen LogP contribution >= 0.6 is 0 Å². The van der Waals surface area contributed by atoms with Gasteiger partial charge in [-0.2, -0.15) is 0 Å². The van der Waals surface area contributed by atoms with Crippen LogP contribution in [0, 0.1) is 0 Å². The van der Waals surface area contributed by atoms with Gasteiger partial charge in [0.2, 0.25) is 0 Å². The first kappa shape index (κ1) is 14.3. The molecule has 0 spiro atoms. The second-order valence-electron chi connectivity index (χ2n) is 4.76. The van der Waals surface area contributed by atoms with Crippen molar-refractivity contribution in [3.63, 3.8) is 0 Å². The summed E-state index contributed by atoms with van der Waals surface area (Å²) in [5.41, 5.74) is 0.308. The fourth-order valence-electron chi connectivity index (χ4n) is 2.51. The molecular formula is C14H18N2O4. The summed E-state index contributed by atoms with van der Waals surface area (Å²) in [6.07, 6.45) is 4.87. The summed E-state index contributed by atoms with van der Waals surface area (Å²) in [5, 5.41) is 9.40. The Morgan fingerprint density at radius 2 is 2.20 bits per heavy atom. The molecule has 1 N–H and O–H groups in total. The lowest BCUT2D eigenvalue weighted by atomic mass is 10.1. The van der Waals surface area contributed by atoms with E-state index in [0.717, 1.165) is 19.3 Å². The van der Waals surface area contributed by atoms with Crippen molar-refractivity contribution in [3.8, 4) is 0 Å². The van der Waals surface area contributed by atoms with E-state index in [2.05, 4.69) is 4.98 Å². The molecule has 2 heterocycles. The van der Waals surface area contributed by atoms with Crippen LogP contribution in [-0.2, 0) is 9.53 Å². The van der Waals surface area contributed by atoms with Crippen LogP contribution in [0.25, 0.3) is 0 Å². The molecule has 0 radical (unpaired) electrons. The van der Waals surface area contributed by atoms with Crippen LogP contribution in [0.5, 0.6) is 0 Å². The number of carbonyl (C=O) groups is 2. The van der Waals surface area contributed by atoms with Crippen LogP contribution in [-0.4, -0.2) is 41.7 Å². The average Bonchev–Trinajstić information content (AvgIpc) is 2.72. The SMILES string of the molecule is COC(=O)c1cccnc1N1CCCCCC1C(=O)O. The summed E-state index contributed by atoms with van der Waals surface area (Å²) in [7, 11) is 1.30. The number of pyridine rings is 1.